The molecule has 0 radical (unpaired) electrons. The first-order valence-corrected chi connectivity index (χ1v) is 8.12. The van der Waals surface area contributed by atoms with Crippen LogP contribution in [0.15, 0.2) is 48.5 Å². The van der Waals surface area contributed by atoms with Crippen molar-refractivity contribution in [3.8, 4) is 11.5 Å². The third-order valence-electron chi connectivity index (χ3n) is 3.83. The Bertz CT molecular complexity index is 750. The summed E-state index contributed by atoms with van der Waals surface area (Å²) in [5.41, 5.74) is 7.14. The molecule has 0 unspecified atom stereocenters. The van der Waals surface area contributed by atoms with Crippen LogP contribution in [0.4, 0.5) is 4.79 Å². The number of amides is 3. The zero-order chi connectivity index (χ0) is 18.9. The fourth-order valence-electron chi connectivity index (χ4n) is 2.45. The van der Waals surface area contributed by atoms with E-state index >= 15 is 0 Å². The maximum atomic E-state index is 12.1. The fourth-order valence-corrected chi connectivity index (χ4v) is 2.45. The second-order valence-corrected chi connectivity index (χ2v) is 5.66. The number of carbonyl (C=O) groups excluding carboxylic acids is 2. The van der Waals surface area contributed by atoms with Crippen LogP contribution < -0.4 is 25.8 Å². The maximum Gasteiger partial charge on any atom is 0.315 e. The number of hydrogen-bond donors (Lipinski definition) is 3. The Balaban J connectivity index is 1.93. The Morgan fingerprint density at radius 1 is 1.00 bits per heavy atom. The molecule has 0 aliphatic heterocycles. The molecule has 7 nitrogen and oxygen atoms in total. The molecule has 7 heteroatoms. The van der Waals surface area contributed by atoms with Crippen LogP contribution in [0.2, 0.25) is 0 Å². The fraction of sp³-hybridized carbons (Fsp3) is 0.263. The zero-order valence-corrected chi connectivity index (χ0v) is 14.8. The zero-order valence-electron chi connectivity index (χ0n) is 14.8. The van der Waals surface area contributed by atoms with Crippen molar-refractivity contribution in [1.29, 1.82) is 0 Å². The third kappa shape index (κ3) is 5.41. The highest BCUT2D eigenvalue weighted by molar-refractivity contribution is 5.86. The molecule has 0 bridgehead atoms. The number of urea groups is 1. The standard InChI is InChI=1S/C19H23N3O4/c1-25-16-9-8-14(11-17(16)26-2)12-21-19(24)22-15(18(20)23)10-13-6-4-3-5-7-13/h3-9,11,15H,10,12H2,1-2H3,(H2,20,23)(H2,21,22,24)/t15-/m1/s1. The van der Waals surface area contributed by atoms with Crippen LogP contribution >= 0.6 is 0 Å². The molecule has 0 spiro atoms. The van der Waals surface area contributed by atoms with Crippen molar-refractivity contribution in [2.75, 3.05) is 14.2 Å². The van der Waals surface area contributed by atoms with Gasteiger partial charge < -0.3 is 25.8 Å². The van der Waals surface area contributed by atoms with Gasteiger partial charge in [0, 0.05) is 13.0 Å². The van der Waals surface area contributed by atoms with Gasteiger partial charge in [-0.1, -0.05) is 36.4 Å². The molecule has 2 rings (SSSR count). The minimum Gasteiger partial charge on any atom is -0.493 e. The molecular formula is C19H23N3O4. The predicted molar refractivity (Wildman–Crippen MR) is 98.0 cm³/mol. The summed E-state index contributed by atoms with van der Waals surface area (Å²) in [6, 6.07) is 13.4. The van der Waals surface area contributed by atoms with E-state index in [1.165, 1.54) is 0 Å². The first-order valence-electron chi connectivity index (χ1n) is 8.12. The van der Waals surface area contributed by atoms with E-state index in [-0.39, 0.29) is 6.54 Å². The van der Waals surface area contributed by atoms with Gasteiger partial charge in [0.15, 0.2) is 11.5 Å². The highest BCUT2D eigenvalue weighted by Crippen LogP contribution is 2.27. The highest BCUT2D eigenvalue weighted by Gasteiger charge is 2.18. The highest BCUT2D eigenvalue weighted by atomic mass is 16.5. The number of nitrogens with two attached hydrogens (primary N) is 1. The number of methoxy groups -OCH3 is 2. The number of carbonyl (C=O) groups is 2. The van der Waals surface area contributed by atoms with Crippen molar-refractivity contribution in [1.82, 2.24) is 10.6 Å². The summed E-state index contributed by atoms with van der Waals surface area (Å²) in [7, 11) is 3.10. The van der Waals surface area contributed by atoms with Crippen molar-refractivity contribution >= 4 is 11.9 Å². The van der Waals surface area contributed by atoms with Gasteiger partial charge in [-0.3, -0.25) is 4.79 Å². The van der Waals surface area contributed by atoms with E-state index < -0.39 is 18.0 Å². The molecule has 4 N–H and O–H groups in total. The molecule has 0 aromatic heterocycles. The number of primary amides is 1. The molecule has 0 aliphatic rings. The van der Waals surface area contributed by atoms with Crippen molar-refractivity contribution in [3.05, 3.63) is 59.7 Å². The summed E-state index contributed by atoms with van der Waals surface area (Å²) in [5, 5.41) is 5.31. The maximum absolute atomic E-state index is 12.1. The predicted octanol–water partition coefficient (Wildman–Crippen LogP) is 1.60. The quantitative estimate of drug-likeness (QED) is 0.668. The molecule has 1 atom stereocenters. The largest absolute Gasteiger partial charge is 0.493 e. The van der Waals surface area contributed by atoms with Crippen molar-refractivity contribution < 1.29 is 19.1 Å². The number of ether oxygens (including phenoxy) is 2. The van der Waals surface area contributed by atoms with Gasteiger partial charge in [-0.15, -0.1) is 0 Å². The van der Waals surface area contributed by atoms with Gasteiger partial charge in [-0.05, 0) is 23.3 Å². The Morgan fingerprint density at radius 3 is 2.31 bits per heavy atom. The Kier molecular flexibility index (Phi) is 6.84. The summed E-state index contributed by atoms with van der Waals surface area (Å²) in [6.07, 6.45) is 0.333. The summed E-state index contributed by atoms with van der Waals surface area (Å²) in [5.74, 6) is 0.596. The lowest BCUT2D eigenvalue weighted by Gasteiger charge is -2.16. The number of rotatable bonds is 8. The van der Waals surface area contributed by atoms with Crippen molar-refractivity contribution in [3.63, 3.8) is 0 Å². The minimum absolute atomic E-state index is 0.267. The second kappa shape index (κ2) is 9.31. The van der Waals surface area contributed by atoms with Crippen LogP contribution in [0.1, 0.15) is 11.1 Å². The van der Waals surface area contributed by atoms with Crippen LogP contribution in [-0.2, 0) is 17.8 Å². The van der Waals surface area contributed by atoms with Crippen LogP contribution in [0.25, 0.3) is 0 Å². The van der Waals surface area contributed by atoms with Crippen LogP contribution in [0.3, 0.4) is 0 Å². The van der Waals surface area contributed by atoms with E-state index in [1.54, 1.807) is 26.4 Å². The Labute approximate surface area is 152 Å². The molecule has 26 heavy (non-hydrogen) atoms. The topological polar surface area (TPSA) is 103 Å². The average Bonchev–Trinajstić information content (AvgIpc) is 2.66. The summed E-state index contributed by atoms with van der Waals surface area (Å²) < 4.78 is 10.4. The first-order chi connectivity index (χ1) is 12.5. The summed E-state index contributed by atoms with van der Waals surface area (Å²) in [4.78, 5) is 23.7. The molecule has 2 aromatic rings. The summed E-state index contributed by atoms with van der Waals surface area (Å²) >= 11 is 0. The number of nitrogens with one attached hydrogen (secondary N) is 2. The van der Waals surface area contributed by atoms with E-state index in [0.717, 1.165) is 11.1 Å². The van der Waals surface area contributed by atoms with E-state index in [1.807, 2.05) is 36.4 Å². The van der Waals surface area contributed by atoms with Gasteiger partial charge in [-0.2, -0.15) is 0 Å². The molecule has 0 saturated heterocycles. The van der Waals surface area contributed by atoms with Gasteiger partial charge in [-0.25, -0.2) is 4.79 Å². The van der Waals surface area contributed by atoms with E-state index in [2.05, 4.69) is 10.6 Å². The smallest absolute Gasteiger partial charge is 0.315 e. The molecule has 0 heterocycles. The molecule has 138 valence electrons. The van der Waals surface area contributed by atoms with E-state index in [4.69, 9.17) is 15.2 Å². The van der Waals surface area contributed by atoms with Gasteiger partial charge in [0.25, 0.3) is 0 Å². The number of hydrogen-bond acceptors (Lipinski definition) is 4. The monoisotopic (exact) mass is 357 g/mol. The normalized spacial score (nSPS) is 11.3. The van der Waals surface area contributed by atoms with Gasteiger partial charge in [0.05, 0.1) is 14.2 Å². The second-order valence-electron chi connectivity index (χ2n) is 5.66. The van der Waals surface area contributed by atoms with Gasteiger partial charge in [0.2, 0.25) is 5.91 Å². The molecule has 2 aromatic carbocycles. The molecule has 0 saturated carbocycles. The average molecular weight is 357 g/mol. The van der Waals surface area contributed by atoms with Crippen molar-refractivity contribution in [2.24, 2.45) is 5.73 Å². The first kappa shape index (κ1) is 19.1. The lowest BCUT2D eigenvalue weighted by atomic mass is 10.1. The van der Waals surface area contributed by atoms with Gasteiger partial charge >= 0.3 is 6.03 Å². The minimum atomic E-state index is -0.789. The lowest BCUT2D eigenvalue weighted by molar-refractivity contribution is -0.119. The molecule has 0 aliphatic carbocycles. The molecule has 3 amide bonds. The van der Waals surface area contributed by atoms with E-state index in [0.29, 0.717) is 17.9 Å². The Morgan fingerprint density at radius 2 is 1.69 bits per heavy atom. The summed E-state index contributed by atoms with van der Waals surface area (Å²) in [6.45, 7) is 0.267. The molecule has 0 fully saturated rings. The SMILES string of the molecule is COc1ccc(CNC(=O)N[C@H](Cc2ccccc2)C(N)=O)cc1OC. The molecular weight excluding hydrogens is 334 g/mol. The number of benzene rings is 2. The van der Waals surface area contributed by atoms with Crippen LogP contribution in [0.5, 0.6) is 11.5 Å². The van der Waals surface area contributed by atoms with Crippen molar-refractivity contribution in [2.45, 2.75) is 19.0 Å². The van der Waals surface area contributed by atoms with Gasteiger partial charge in [0.1, 0.15) is 6.04 Å². The third-order valence-corrected chi connectivity index (χ3v) is 3.83. The van der Waals surface area contributed by atoms with E-state index in [9.17, 15) is 9.59 Å². The van der Waals surface area contributed by atoms with Crippen LogP contribution in [0, 0.1) is 0 Å². The lowest BCUT2D eigenvalue weighted by Crippen LogP contribution is -2.49. The Hall–Kier alpha value is -3.22. The van der Waals surface area contributed by atoms with Crippen LogP contribution in [-0.4, -0.2) is 32.2 Å².